The molecule has 27 heavy (non-hydrogen) atoms. The van der Waals surface area contributed by atoms with Crippen LogP contribution in [0.25, 0.3) is 0 Å². The van der Waals surface area contributed by atoms with Crippen molar-refractivity contribution in [2.45, 2.75) is 19.9 Å². The minimum Gasteiger partial charge on any atom is -0.350 e. The van der Waals surface area contributed by atoms with Gasteiger partial charge in [0.05, 0.1) is 15.9 Å². The molecule has 0 fully saturated rings. The number of anilines is 1. The summed E-state index contributed by atoms with van der Waals surface area (Å²) < 4.78 is 0. The predicted octanol–water partition coefficient (Wildman–Crippen LogP) is 2.89. The van der Waals surface area contributed by atoms with Gasteiger partial charge in [-0.25, -0.2) is 0 Å². The van der Waals surface area contributed by atoms with Gasteiger partial charge in [-0.3, -0.25) is 29.8 Å². The van der Waals surface area contributed by atoms with Crippen molar-refractivity contribution in [2.24, 2.45) is 0 Å². The number of carbonyl (C=O) groups is 2. The third kappa shape index (κ3) is 4.84. The van der Waals surface area contributed by atoms with Crippen molar-refractivity contribution in [1.29, 1.82) is 0 Å². The summed E-state index contributed by atoms with van der Waals surface area (Å²) in [5.41, 5.74) is -0.766. The van der Waals surface area contributed by atoms with Crippen LogP contribution in [0.15, 0.2) is 42.5 Å². The number of nitro benzene ring substituents is 2. The van der Waals surface area contributed by atoms with E-state index in [-0.39, 0.29) is 17.5 Å². The molecule has 2 amide bonds. The monoisotopic (exact) mass is 372 g/mol. The summed E-state index contributed by atoms with van der Waals surface area (Å²) in [7, 11) is 0. The first-order valence-electron chi connectivity index (χ1n) is 7.84. The Morgan fingerprint density at radius 1 is 0.926 bits per heavy atom. The molecule has 0 bridgehead atoms. The highest BCUT2D eigenvalue weighted by Gasteiger charge is 2.24. The fourth-order valence-corrected chi connectivity index (χ4v) is 2.23. The van der Waals surface area contributed by atoms with Crippen molar-refractivity contribution in [1.82, 2.24) is 5.32 Å². The minimum absolute atomic E-state index is 0.0282. The Morgan fingerprint density at radius 3 is 2.07 bits per heavy atom. The second kappa shape index (κ2) is 8.04. The van der Waals surface area contributed by atoms with Crippen LogP contribution in [0.3, 0.4) is 0 Å². The maximum absolute atomic E-state index is 12.3. The molecule has 10 heteroatoms. The second-order valence-electron chi connectivity index (χ2n) is 5.88. The van der Waals surface area contributed by atoms with E-state index in [9.17, 15) is 29.8 Å². The number of benzene rings is 2. The molecule has 2 N–H and O–H groups in total. The molecule has 0 radical (unpaired) electrons. The van der Waals surface area contributed by atoms with Crippen LogP contribution in [0, 0.1) is 20.2 Å². The minimum atomic E-state index is -0.860. The molecule has 0 heterocycles. The molecule has 0 atom stereocenters. The van der Waals surface area contributed by atoms with Crippen LogP contribution < -0.4 is 10.6 Å². The summed E-state index contributed by atoms with van der Waals surface area (Å²) >= 11 is 0. The standard InChI is InChI=1S/C17H16N4O6/c1-10(2)18-16(22)11-3-5-12(6-4-11)19-17(23)14-8-7-13(20(24)25)9-15(14)21(26)27/h3-10H,1-2H3,(H,18,22)(H,19,23). The fourth-order valence-electron chi connectivity index (χ4n) is 2.23. The zero-order valence-corrected chi connectivity index (χ0v) is 14.5. The summed E-state index contributed by atoms with van der Waals surface area (Å²) in [5.74, 6) is -1.06. The average molecular weight is 372 g/mol. The van der Waals surface area contributed by atoms with Crippen LogP contribution >= 0.6 is 0 Å². The Bertz CT molecular complexity index is 908. The van der Waals surface area contributed by atoms with Crippen LogP contribution in [0.5, 0.6) is 0 Å². The van der Waals surface area contributed by atoms with Gasteiger partial charge in [-0.05, 0) is 44.2 Å². The Labute approximate surface area is 153 Å². The molecule has 2 aromatic rings. The van der Waals surface area contributed by atoms with Gasteiger partial charge in [-0.1, -0.05) is 0 Å². The molecular formula is C17H16N4O6. The lowest BCUT2D eigenvalue weighted by Crippen LogP contribution is -2.30. The van der Waals surface area contributed by atoms with Gasteiger partial charge in [-0.2, -0.15) is 0 Å². The van der Waals surface area contributed by atoms with E-state index in [1.54, 1.807) is 0 Å². The molecule has 0 aromatic heterocycles. The van der Waals surface area contributed by atoms with E-state index >= 15 is 0 Å². The van der Waals surface area contributed by atoms with Crippen molar-refractivity contribution >= 4 is 28.9 Å². The Morgan fingerprint density at radius 2 is 1.56 bits per heavy atom. The number of hydrogen-bond acceptors (Lipinski definition) is 6. The maximum atomic E-state index is 12.3. The Kier molecular flexibility index (Phi) is 5.81. The third-order valence-corrected chi connectivity index (χ3v) is 3.46. The molecule has 10 nitrogen and oxygen atoms in total. The highest BCUT2D eigenvalue weighted by Crippen LogP contribution is 2.25. The van der Waals surface area contributed by atoms with Gasteiger partial charge >= 0.3 is 0 Å². The maximum Gasteiger partial charge on any atom is 0.289 e. The van der Waals surface area contributed by atoms with E-state index in [0.29, 0.717) is 11.3 Å². The van der Waals surface area contributed by atoms with Gasteiger partial charge in [0.2, 0.25) is 0 Å². The van der Waals surface area contributed by atoms with Crippen molar-refractivity contribution < 1.29 is 19.4 Å². The third-order valence-electron chi connectivity index (χ3n) is 3.46. The highest BCUT2D eigenvalue weighted by atomic mass is 16.6. The molecule has 2 rings (SSSR count). The van der Waals surface area contributed by atoms with Gasteiger partial charge < -0.3 is 10.6 Å². The van der Waals surface area contributed by atoms with Crippen LogP contribution in [0.1, 0.15) is 34.6 Å². The van der Waals surface area contributed by atoms with Crippen molar-refractivity contribution in [2.75, 3.05) is 5.32 Å². The summed E-state index contributed by atoms with van der Waals surface area (Å²) in [5, 5.41) is 27.1. The number of amides is 2. The van der Waals surface area contributed by atoms with Gasteiger partial charge in [0.15, 0.2) is 0 Å². The number of hydrogen-bond donors (Lipinski definition) is 2. The number of rotatable bonds is 6. The molecule has 140 valence electrons. The molecule has 2 aromatic carbocycles. The quantitative estimate of drug-likeness (QED) is 0.589. The van der Waals surface area contributed by atoms with E-state index in [0.717, 1.165) is 18.2 Å². The predicted molar refractivity (Wildman–Crippen MR) is 96.7 cm³/mol. The van der Waals surface area contributed by atoms with Gasteiger partial charge in [-0.15, -0.1) is 0 Å². The SMILES string of the molecule is CC(C)NC(=O)c1ccc(NC(=O)c2ccc([N+](=O)[O-])cc2[N+](=O)[O-])cc1. The van der Waals surface area contributed by atoms with E-state index in [1.165, 1.54) is 24.3 Å². The smallest absolute Gasteiger partial charge is 0.289 e. The normalized spacial score (nSPS) is 10.3. The molecule has 0 spiro atoms. The van der Waals surface area contributed by atoms with Gasteiger partial charge in [0.1, 0.15) is 5.56 Å². The number of nitrogens with zero attached hydrogens (tertiary/aromatic N) is 2. The first-order valence-corrected chi connectivity index (χ1v) is 7.84. The molecule has 0 saturated carbocycles. The van der Waals surface area contributed by atoms with Crippen molar-refractivity contribution in [3.05, 3.63) is 73.8 Å². The van der Waals surface area contributed by atoms with E-state index < -0.39 is 27.1 Å². The zero-order chi connectivity index (χ0) is 20.1. The number of carbonyl (C=O) groups excluding carboxylic acids is 2. The lowest BCUT2D eigenvalue weighted by molar-refractivity contribution is -0.394. The van der Waals surface area contributed by atoms with E-state index in [2.05, 4.69) is 10.6 Å². The summed E-state index contributed by atoms with van der Waals surface area (Å²) in [6.45, 7) is 3.65. The van der Waals surface area contributed by atoms with Crippen LogP contribution in [-0.2, 0) is 0 Å². The molecule has 0 aliphatic rings. The first-order chi connectivity index (χ1) is 12.7. The number of non-ortho nitro benzene ring substituents is 1. The fraction of sp³-hybridized carbons (Fsp3) is 0.176. The van der Waals surface area contributed by atoms with E-state index in [1.807, 2.05) is 13.8 Å². The lowest BCUT2D eigenvalue weighted by Gasteiger charge is -2.09. The zero-order valence-electron chi connectivity index (χ0n) is 14.5. The summed E-state index contributed by atoms with van der Waals surface area (Å²) in [4.78, 5) is 44.4. The Balaban J connectivity index is 2.21. The van der Waals surface area contributed by atoms with Gasteiger partial charge in [0, 0.05) is 23.4 Å². The molecule has 0 aliphatic heterocycles. The van der Waals surface area contributed by atoms with E-state index in [4.69, 9.17) is 0 Å². The molecule has 0 unspecified atom stereocenters. The van der Waals surface area contributed by atoms with Crippen LogP contribution in [0.2, 0.25) is 0 Å². The van der Waals surface area contributed by atoms with Gasteiger partial charge in [0.25, 0.3) is 23.2 Å². The molecule has 0 saturated heterocycles. The van der Waals surface area contributed by atoms with Crippen LogP contribution in [0.4, 0.5) is 17.1 Å². The first kappa shape index (κ1) is 19.5. The number of nitrogens with one attached hydrogen (secondary N) is 2. The second-order valence-corrected chi connectivity index (χ2v) is 5.88. The Hall–Kier alpha value is -3.82. The largest absolute Gasteiger partial charge is 0.350 e. The summed E-state index contributed by atoms with van der Waals surface area (Å²) in [6, 6.07) is 8.69. The molecular weight excluding hydrogens is 356 g/mol. The van der Waals surface area contributed by atoms with Crippen LogP contribution in [-0.4, -0.2) is 27.7 Å². The average Bonchev–Trinajstić information content (AvgIpc) is 2.61. The molecule has 0 aliphatic carbocycles. The van der Waals surface area contributed by atoms with Crippen molar-refractivity contribution in [3.8, 4) is 0 Å². The topological polar surface area (TPSA) is 144 Å². The van der Waals surface area contributed by atoms with Crippen molar-refractivity contribution in [3.63, 3.8) is 0 Å². The lowest BCUT2D eigenvalue weighted by atomic mass is 10.1. The number of nitro groups is 2. The highest BCUT2D eigenvalue weighted by molar-refractivity contribution is 6.07. The summed E-state index contributed by atoms with van der Waals surface area (Å²) in [6.07, 6.45) is 0.